The summed E-state index contributed by atoms with van der Waals surface area (Å²) in [6, 6.07) is 9.11. The second-order valence-electron chi connectivity index (χ2n) is 5.98. The monoisotopic (exact) mass is 327 g/mol. The van der Waals surface area contributed by atoms with Gasteiger partial charge < -0.3 is 19.5 Å². The molecule has 1 N–H and O–H groups in total. The van der Waals surface area contributed by atoms with Crippen LogP contribution in [0.4, 0.5) is 16.2 Å². The Kier molecular flexibility index (Phi) is 4.55. The normalized spacial score (nSPS) is 13.3. The molecule has 0 radical (unpaired) electrons. The van der Waals surface area contributed by atoms with Crippen molar-refractivity contribution in [2.24, 2.45) is 0 Å². The van der Waals surface area contributed by atoms with E-state index in [4.69, 9.17) is 4.42 Å². The number of aryl methyl sites for hydroxylation is 1. The molecule has 0 saturated carbocycles. The maximum absolute atomic E-state index is 12.3. The molecule has 1 aromatic carbocycles. The molecule has 0 unspecified atom stereocenters. The topological polar surface area (TPSA) is 65.8 Å². The molecule has 2 aromatic rings. The van der Waals surface area contributed by atoms with Gasteiger partial charge in [0, 0.05) is 31.9 Å². The number of carbonyl (C=O) groups is 2. The number of hydrogen-bond donors (Lipinski definition) is 1. The van der Waals surface area contributed by atoms with Crippen molar-refractivity contribution in [1.29, 1.82) is 0 Å². The maximum Gasteiger partial charge on any atom is 0.321 e. The summed E-state index contributed by atoms with van der Waals surface area (Å²) in [5, 5.41) is 2.89. The molecule has 0 fully saturated rings. The largest absolute Gasteiger partial charge is 0.467 e. The van der Waals surface area contributed by atoms with Gasteiger partial charge in [-0.1, -0.05) is 0 Å². The number of carbonyl (C=O) groups excluding carboxylic acids is 2. The lowest BCUT2D eigenvalue weighted by Gasteiger charge is -2.29. The number of rotatable bonds is 3. The maximum atomic E-state index is 12.3. The van der Waals surface area contributed by atoms with Crippen LogP contribution < -0.4 is 10.2 Å². The fourth-order valence-electron chi connectivity index (χ4n) is 2.93. The van der Waals surface area contributed by atoms with Crippen LogP contribution in [0.15, 0.2) is 41.0 Å². The van der Waals surface area contributed by atoms with E-state index in [1.165, 1.54) is 0 Å². The van der Waals surface area contributed by atoms with E-state index in [1.54, 1.807) is 36.1 Å². The highest BCUT2D eigenvalue weighted by Gasteiger charge is 2.20. The highest BCUT2D eigenvalue weighted by molar-refractivity contribution is 5.94. The first-order valence-corrected chi connectivity index (χ1v) is 8.00. The smallest absolute Gasteiger partial charge is 0.321 e. The summed E-state index contributed by atoms with van der Waals surface area (Å²) in [5.74, 6) is 0.779. The highest BCUT2D eigenvalue weighted by Crippen LogP contribution is 2.29. The molecule has 0 bridgehead atoms. The molecule has 0 saturated heterocycles. The minimum absolute atomic E-state index is 0.0471. The van der Waals surface area contributed by atoms with Crippen LogP contribution in [0.3, 0.4) is 0 Å². The molecule has 6 heteroatoms. The Hall–Kier alpha value is -2.76. The van der Waals surface area contributed by atoms with E-state index in [0.29, 0.717) is 6.54 Å². The number of benzene rings is 1. The van der Waals surface area contributed by atoms with Gasteiger partial charge in [-0.3, -0.25) is 4.79 Å². The summed E-state index contributed by atoms with van der Waals surface area (Å²) in [6.45, 7) is 2.73. The summed E-state index contributed by atoms with van der Waals surface area (Å²) in [5.41, 5.74) is 2.76. The minimum atomic E-state index is -0.203. The Labute approximate surface area is 141 Å². The number of fused-ring (bicyclic) bond motifs is 1. The van der Waals surface area contributed by atoms with Gasteiger partial charge in [-0.05, 0) is 48.7 Å². The van der Waals surface area contributed by atoms with Gasteiger partial charge in [-0.2, -0.15) is 0 Å². The molecule has 2 heterocycles. The third-order valence-electron chi connectivity index (χ3n) is 4.15. The van der Waals surface area contributed by atoms with E-state index in [9.17, 15) is 9.59 Å². The van der Waals surface area contributed by atoms with Gasteiger partial charge >= 0.3 is 6.03 Å². The van der Waals surface area contributed by atoms with Gasteiger partial charge in [0.2, 0.25) is 5.91 Å². The number of amides is 3. The first kappa shape index (κ1) is 16.1. The molecular formula is C18H21N3O3. The molecule has 126 valence electrons. The van der Waals surface area contributed by atoms with E-state index in [-0.39, 0.29) is 11.9 Å². The first-order valence-electron chi connectivity index (χ1n) is 8.00. The van der Waals surface area contributed by atoms with E-state index >= 15 is 0 Å². The Bertz CT molecular complexity index is 740. The minimum Gasteiger partial charge on any atom is -0.467 e. The molecule has 1 aromatic heterocycles. The summed E-state index contributed by atoms with van der Waals surface area (Å²) in [7, 11) is 1.72. The van der Waals surface area contributed by atoms with Gasteiger partial charge in [0.1, 0.15) is 5.76 Å². The highest BCUT2D eigenvalue weighted by atomic mass is 16.3. The van der Waals surface area contributed by atoms with Crippen LogP contribution >= 0.6 is 0 Å². The second kappa shape index (κ2) is 6.78. The van der Waals surface area contributed by atoms with Crippen molar-refractivity contribution in [2.45, 2.75) is 26.3 Å². The Morgan fingerprint density at radius 1 is 1.33 bits per heavy atom. The quantitative estimate of drug-likeness (QED) is 0.941. The Morgan fingerprint density at radius 3 is 2.88 bits per heavy atom. The Balaban J connectivity index is 1.69. The summed E-state index contributed by atoms with van der Waals surface area (Å²) < 4.78 is 5.25. The molecule has 3 rings (SSSR count). The fourth-order valence-corrected chi connectivity index (χ4v) is 2.93. The SMILES string of the molecule is CC(=O)N1CCCc2cc(NC(=O)N(C)Cc3ccco3)ccc21. The van der Waals surface area contributed by atoms with Gasteiger partial charge in [0.05, 0.1) is 12.8 Å². The van der Waals surface area contributed by atoms with Crippen LogP contribution in [0.2, 0.25) is 0 Å². The number of hydrogen-bond acceptors (Lipinski definition) is 3. The molecule has 24 heavy (non-hydrogen) atoms. The van der Waals surface area contributed by atoms with Crippen LogP contribution in [0.5, 0.6) is 0 Å². The van der Waals surface area contributed by atoms with E-state index in [2.05, 4.69) is 5.32 Å². The van der Waals surface area contributed by atoms with Gasteiger partial charge in [-0.15, -0.1) is 0 Å². The van der Waals surface area contributed by atoms with Gasteiger partial charge in [0.15, 0.2) is 0 Å². The molecule has 3 amide bonds. The molecule has 1 aliphatic heterocycles. The summed E-state index contributed by atoms with van der Waals surface area (Å²) >= 11 is 0. The van der Waals surface area contributed by atoms with Crippen molar-refractivity contribution in [2.75, 3.05) is 23.8 Å². The van der Waals surface area contributed by atoms with Crippen molar-refractivity contribution in [3.63, 3.8) is 0 Å². The number of anilines is 2. The lowest BCUT2D eigenvalue weighted by atomic mass is 10.0. The predicted octanol–water partition coefficient (Wildman–Crippen LogP) is 3.24. The first-order chi connectivity index (χ1) is 11.5. The zero-order valence-electron chi connectivity index (χ0n) is 13.9. The van der Waals surface area contributed by atoms with Crippen LogP contribution in [0.1, 0.15) is 24.7 Å². The van der Waals surface area contributed by atoms with Crippen LogP contribution in [-0.2, 0) is 17.8 Å². The third-order valence-corrected chi connectivity index (χ3v) is 4.15. The lowest BCUT2D eigenvalue weighted by molar-refractivity contribution is -0.116. The predicted molar refractivity (Wildman–Crippen MR) is 92.0 cm³/mol. The molecule has 0 aliphatic carbocycles. The number of nitrogens with one attached hydrogen (secondary N) is 1. The average Bonchev–Trinajstić information content (AvgIpc) is 3.06. The number of nitrogens with zero attached hydrogens (tertiary/aromatic N) is 2. The second-order valence-corrected chi connectivity index (χ2v) is 5.98. The summed E-state index contributed by atoms with van der Waals surface area (Å²) in [6.07, 6.45) is 3.43. The van der Waals surface area contributed by atoms with Crippen LogP contribution in [0, 0.1) is 0 Å². The third kappa shape index (κ3) is 3.42. The number of furan rings is 1. The average molecular weight is 327 g/mol. The Morgan fingerprint density at radius 2 is 2.17 bits per heavy atom. The van der Waals surface area contributed by atoms with E-state index in [0.717, 1.165) is 42.1 Å². The van der Waals surface area contributed by atoms with Crippen molar-refractivity contribution >= 4 is 23.3 Å². The van der Waals surface area contributed by atoms with Crippen LogP contribution in [-0.4, -0.2) is 30.4 Å². The van der Waals surface area contributed by atoms with E-state index < -0.39 is 0 Å². The number of urea groups is 1. The van der Waals surface area contributed by atoms with Crippen molar-refractivity contribution < 1.29 is 14.0 Å². The fraction of sp³-hybridized carbons (Fsp3) is 0.333. The van der Waals surface area contributed by atoms with Gasteiger partial charge in [-0.25, -0.2) is 4.79 Å². The zero-order valence-corrected chi connectivity index (χ0v) is 13.9. The van der Waals surface area contributed by atoms with Crippen molar-refractivity contribution in [1.82, 2.24) is 4.90 Å². The standard InChI is InChI=1S/C18H21N3O3/c1-13(22)21-9-3-5-14-11-15(7-8-17(14)21)19-18(23)20(2)12-16-6-4-10-24-16/h4,6-8,10-11H,3,5,9,12H2,1-2H3,(H,19,23). The lowest BCUT2D eigenvalue weighted by Crippen LogP contribution is -2.34. The van der Waals surface area contributed by atoms with Crippen molar-refractivity contribution in [3.05, 3.63) is 47.9 Å². The van der Waals surface area contributed by atoms with Crippen LogP contribution in [0.25, 0.3) is 0 Å². The summed E-state index contributed by atoms with van der Waals surface area (Å²) in [4.78, 5) is 27.3. The molecule has 1 aliphatic rings. The molecular weight excluding hydrogens is 306 g/mol. The van der Waals surface area contributed by atoms with Crippen molar-refractivity contribution in [3.8, 4) is 0 Å². The molecule has 6 nitrogen and oxygen atoms in total. The van der Waals surface area contributed by atoms with E-state index in [1.807, 2.05) is 24.3 Å². The zero-order chi connectivity index (χ0) is 17.1. The van der Waals surface area contributed by atoms with Gasteiger partial charge in [0.25, 0.3) is 0 Å². The molecule has 0 atom stereocenters. The molecule has 0 spiro atoms.